The summed E-state index contributed by atoms with van der Waals surface area (Å²) in [4.78, 5) is 2.34. The highest BCUT2D eigenvalue weighted by Gasteiger charge is 2.35. The third-order valence-corrected chi connectivity index (χ3v) is 12.5. The van der Waals surface area contributed by atoms with Gasteiger partial charge in [0, 0.05) is 28.4 Å². The highest BCUT2D eigenvalue weighted by molar-refractivity contribution is 5.86. The summed E-state index contributed by atoms with van der Waals surface area (Å²) in [6.07, 6.45) is 0.893. The van der Waals surface area contributed by atoms with Gasteiger partial charge in [0.15, 0.2) is 0 Å². The SMILES string of the molecule is CC1(C)c2ccccc2-c2ccc(C(Cc3ccc(-c4ccc(N(c5ccccc5)c5ccc(-c6ccccc6)cc5)cc4)c(-c4ccccc4)c3)c3ccccc3)cc21. The normalized spacial score (nSPS) is 13.0. The summed E-state index contributed by atoms with van der Waals surface area (Å²) in [7, 11) is 0. The van der Waals surface area contributed by atoms with Crippen molar-refractivity contribution in [2.45, 2.75) is 31.6 Å². The van der Waals surface area contributed by atoms with Crippen LogP contribution < -0.4 is 4.90 Å². The highest BCUT2D eigenvalue weighted by atomic mass is 15.1. The molecule has 0 bridgehead atoms. The van der Waals surface area contributed by atoms with Crippen LogP contribution in [0.3, 0.4) is 0 Å². The predicted octanol–water partition coefficient (Wildman–Crippen LogP) is 15.8. The molecule has 1 heteroatoms. The Morgan fingerprint density at radius 1 is 0.350 bits per heavy atom. The lowest BCUT2D eigenvalue weighted by atomic mass is 9.79. The Labute approximate surface area is 354 Å². The molecular weight excluding hydrogens is 723 g/mol. The molecule has 0 saturated carbocycles. The zero-order chi connectivity index (χ0) is 40.5. The van der Waals surface area contributed by atoms with Crippen molar-refractivity contribution < 1.29 is 0 Å². The summed E-state index contributed by atoms with van der Waals surface area (Å²) >= 11 is 0. The Morgan fingerprint density at radius 3 is 1.50 bits per heavy atom. The largest absolute Gasteiger partial charge is 0.311 e. The van der Waals surface area contributed by atoms with Crippen molar-refractivity contribution in [1.82, 2.24) is 0 Å². The van der Waals surface area contributed by atoms with Gasteiger partial charge in [-0.2, -0.15) is 0 Å². The molecule has 9 aromatic rings. The second kappa shape index (κ2) is 15.9. The van der Waals surface area contributed by atoms with Gasteiger partial charge in [-0.15, -0.1) is 0 Å². The fourth-order valence-corrected chi connectivity index (χ4v) is 9.36. The van der Waals surface area contributed by atoms with Crippen LogP contribution in [0, 0.1) is 0 Å². The van der Waals surface area contributed by atoms with Crippen molar-refractivity contribution in [3.8, 4) is 44.5 Å². The third kappa shape index (κ3) is 7.03. The third-order valence-electron chi connectivity index (χ3n) is 12.5. The van der Waals surface area contributed by atoms with Crippen molar-refractivity contribution in [2.75, 3.05) is 4.90 Å². The standard InChI is InChI=1S/C59H47N/c1-59(2)57-26-16-15-25-53(57)54-38-32-48(41-58(54)59)55(45-19-9-4-10-20-45)39-42-27-37-52(56(40-42)46-21-11-5-12-22-46)47-30-35-51(36-31-47)60(49-23-13-6-14-24-49)50-33-28-44(29-34-50)43-17-7-3-8-18-43/h3-38,40-41,55H,39H2,1-2H3. The molecule has 0 heterocycles. The molecule has 288 valence electrons. The van der Waals surface area contributed by atoms with Gasteiger partial charge in [0.25, 0.3) is 0 Å². The number of para-hydroxylation sites is 1. The lowest BCUT2D eigenvalue weighted by Gasteiger charge is -2.26. The Kier molecular flexibility index (Phi) is 9.79. The van der Waals surface area contributed by atoms with E-state index in [-0.39, 0.29) is 11.3 Å². The lowest BCUT2D eigenvalue weighted by Crippen LogP contribution is -2.16. The molecule has 0 aliphatic heterocycles. The van der Waals surface area contributed by atoms with Gasteiger partial charge in [-0.3, -0.25) is 0 Å². The first-order valence-electron chi connectivity index (χ1n) is 21.1. The number of rotatable bonds is 10. The molecule has 60 heavy (non-hydrogen) atoms. The van der Waals surface area contributed by atoms with E-state index in [1.165, 1.54) is 72.3 Å². The number of nitrogens with zero attached hydrogens (tertiary/aromatic N) is 1. The molecule has 1 aliphatic rings. The Hall–Kier alpha value is -7.22. The number of hydrogen-bond acceptors (Lipinski definition) is 1. The fraction of sp³-hybridized carbons (Fsp3) is 0.0847. The molecule has 1 unspecified atom stereocenters. The number of hydrogen-bond donors (Lipinski definition) is 0. The number of benzene rings is 9. The molecule has 1 atom stereocenters. The summed E-state index contributed by atoms with van der Waals surface area (Å²) in [6.45, 7) is 4.75. The van der Waals surface area contributed by atoms with Crippen molar-refractivity contribution in [3.05, 3.63) is 258 Å². The molecule has 9 aromatic carbocycles. The quantitative estimate of drug-likeness (QED) is 0.134. The van der Waals surface area contributed by atoms with E-state index >= 15 is 0 Å². The molecule has 1 aliphatic carbocycles. The van der Waals surface area contributed by atoms with Gasteiger partial charge in [-0.1, -0.05) is 208 Å². The van der Waals surface area contributed by atoms with E-state index in [4.69, 9.17) is 0 Å². The second-order valence-electron chi connectivity index (χ2n) is 16.5. The summed E-state index contributed by atoms with van der Waals surface area (Å²) in [6, 6.07) is 84.4. The van der Waals surface area contributed by atoms with E-state index < -0.39 is 0 Å². The van der Waals surface area contributed by atoms with E-state index in [0.717, 1.165) is 23.5 Å². The molecule has 0 saturated heterocycles. The summed E-state index contributed by atoms with van der Waals surface area (Å²) in [5.41, 5.74) is 20.2. The minimum absolute atomic E-state index is 0.0496. The highest BCUT2D eigenvalue weighted by Crippen LogP contribution is 2.50. The van der Waals surface area contributed by atoms with Crippen LogP contribution in [-0.4, -0.2) is 0 Å². The van der Waals surface area contributed by atoms with Gasteiger partial charge < -0.3 is 4.90 Å². The fourth-order valence-electron chi connectivity index (χ4n) is 9.36. The molecule has 0 aromatic heterocycles. The van der Waals surface area contributed by atoms with Crippen LogP contribution in [0.5, 0.6) is 0 Å². The summed E-state index contributed by atoms with van der Waals surface area (Å²) < 4.78 is 0. The van der Waals surface area contributed by atoms with Crippen molar-refractivity contribution in [2.24, 2.45) is 0 Å². The second-order valence-corrected chi connectivity index (χ2v) is 16.5. The van der Waals surface area contributed by atoms with E-state index in [1.807, 2.05) is 0 Å². The van der Waals surface area contributed by atoms with Crippen LogP contribution in [0.2, 0.25) is 0 Å². The van der Waals surface area contributed by atoms with Crippen LogP contribution in [0.1, 0.15) is 47.6 Å². The Morgan fingerprint density at radius 2 is 0.833 bits per heavy atom. The van der Waals surface area contributed by atoms with Crippen molar-refractivity contribution in [3.63, 3.8) is 0 Å². The maximum absolute atomic E-state index is 2.50. The van der Waals surface area contributed by atoms with Gasteiger partial charge in [0.2, 0.25) is 0 Å². The van der Waals surface area contributed by atoms with Crippen LogP contribution in [0.4, 0.5) is 17.1 Å². The minimum atomic E-state index is -0.0496. The van der Waals surface area contributed by atoms with Gasteiger partial charge >= 0.3 is 0 Å². The molecule has 0 spiro atoms. The van der Waals surface area contributed by atoms with Gasteiger partial charge in [0.1, 0.15) is 0 Å². The smallest absolute Gasteiger partial charge is 0.0462 e. The van der Waals surface area contributed by atoms with Crippen LogP contribution in [-0.2, 0) is 11.8 Å². The molecule has 0 fully saturated rings. The first-order chi connectivity index (χ1) is 29.5. The van der Waals surface area contributed by atoms with Crippen LogP contribution in [0.25, 0.3) is 44.5 Å². The summed E-state index contributed by atoms with van der Waals surface area (Å²) in [5.74, 6) is 0.204. The van der Waals surface area contributed by atoms with Gasteiger partial charge in [-0.05, 0) is 115 Å². The number of anilines is 3. The average molecular weight is 770 g/mol. The Balaban J connectivity index is 1.01. The minimum Gasteiger partial charge on any atom is -0.311 e. The van der Waals surface area contributed by atoms with Crippen molar-refractivity contribution >= 4 is 17.1 Å². The maximum atomic E-state index is 2.50. The van der Waals surface area contributed by atoms with E-state index in [1.54, 1.807) is 0 Å². The molecule has 0 amide bonds. The van der Waals surface area contributed by atoms with E-state index in [0.29, 0.717) is 0 Å². The van der Waals surface area contributed by atoms with E-state index in [9.17, 15) is 0 Å². The van der Waals surface area contributed by atoms with Gasteiger partial charge in [0.05, 0.1) is 0 Å². The van der Waals surface area contributed by atoms with Crippen LogP contribution in [0.15, 0.2) is 231 Å². The monoisotopic (exact) mass is 769 g/mol. The predicted molar refractivity (Wildman–Crippen MR) is 253 cm³/mol. The van der Waals surface area contributed by atoms with E-state index in [2.05, 4.69) is 249 Å². The maximum Gasteiger partial charge on any atom is 0.0462 e. The zero-order valence-electron chi connectivity index (χ0n) is 34.2. The summed E-state index contributed by atoms with van der Waals surface area (Å²) in [5, 5.41) is 0. The van der Waals surface area contributed by atoms with Crippen LogP contribution >= 0.6 is 0 Å². The average Bonchev–Trinajstić information content (AvgIpc) is 3.55. The first kappa shape index (κ1) is 37.1. The molecular formula is C59H47N. The Bertz CT molecular complexity index is 2880. The molecule has 0 N–H and O–H groups in total. The zero-order valence-corrected chi connectivity index (χ0v) is 34.2. The molecule has 0 radical (unpaired) electrons. The number of fused-ring (bicyclic) bond motifs is 3. The van der Waals surface area contributed by atoms with Gasteiger partial charge in [-0.25, -0.2) is 0 Å². The van der Waals surface area contributed by atoms with Crippen molar-refractivity contribution in [1.29, 1.82) is 0 Å². The molecule has 10 rings (SSSR count). The molecule has 1 nitrogen and oxygen atoms in total. The topological polar surface area (TPSA) is 3.24 Å². The first-order valence-corrected chi connectivity index (χ1v) is 21.1. The lowest BCUT2D eigenvalue weighted by molar-refractivity contribution is 0.657.